The second-order valence-electron chi connectivity index (χ2n) is 4.28. The van der Waals surface area contributed by atoms with Gasteiger partial charge in [0.1, 0.15) is 0 Å². The fourth-order valence-corrected chi connectivity index (χ4v) is 2.19. The first kappa shape index (κ1) is 11.2. The molecule has 1 aliphatic rings. The van der Waals surface area contributed by atoms with E-state index in [1.54, 1.807) is 7.11 Å². The molecule has 2 heterocycles. The highest BCUT2D eigenvalue weighted by Gasteiger charge is 2.24. The van der Waals surface area contributed by atoms with Crippen molar-refractivity contribution in [2.75, 3.05) is 18.6 Å². The van der Waals surface area contributed by atoms with Gasteiger partial charge in [-0.05, 0) is 25.8 Å². The van der Waals surface area contributed by atoms with E-state index < -0.39 is 0 Å². The van der Waals surface area contributed by atoms with Crippen LogP contribution in [-0.2, 0) is 0 Å². The Morgan fingerprint density at radius 1 is 1.50 bits per heavy atom. The van der Waals surface area contributed by atoms with E-state index >= 15 is 0 Å². The lowest BCUT2D eigenvalue weighted by Crippen LogP contribution is -2.42. The van der Waals surface area contributed by atoms with Gasteiger partial charge in [0.05, 0.1) is 25.1 Å². The molecule has 0 bridgehead atoms. The van der Waals surface area contributed by atoms with Crippen molar-refractivity contribution >= 4 is 5.69 Å². The summed E-state index contributed by atoms with van der Waals surface area (Å²) in [5, 5.41) is 9.56. The van der Waals surface area contributed by atoms with Crippen LogP contribution in [0.5, 0.6) is 5.88 Å². The molecule has 1 aliphatic heterocycles. The number of aliphatic hydroxyl groups excluding tert-OH is 1. The van der Waals surface area contributed by atoms with Crippen LogP contribution in [0.1, 0.15) is 19.8 Å². The van der Waals surface area contributed by atoms with Gasteiger partial charge in [-0.1, -0.05) is 0 Å². The summed E-state index contributed by atoms with van der Waals surface area (Å²) in [6.45, 7) is 3.02. The summed E-state index contributed by atoms with van der Waals surface area (Å²) >= 11 is 0. The first-order chi connectivity index (χ1) is 7.70. The number of pyridine rings is 1. The maximum absolute atomic E-state index is 9.56. The van der Waals surface area contributed by atoms with Crippen molar-refractivity contribution in [1.29, 1.82) is 0 Å². The fraction of sp³-hybridized carbons (Fsp3) is 0.583. The van der Waals surface area contributed by atoms with Gasteiger partial charge in [0.25, 0.3) is 0 Å². The molecule has 1 N–H and O–H groups in total. The zero-order chi connectivity index (χ0) is 11.5. The quantitative estimate of drug-likeness (QED) is 0.822. The Kier molecular flexibility index (Phi) is 3.29. The molecular weight excluding hydrogens is 204 g/mol. The summed E-state index contributed by atoms with van der Waals surface area (Å²) in [5.41, 5.74) is 1.10. The number of aliphatic hydroxyl groups is 1. The topological polar surface area (TPSA) is 45.6 Å². The number of ether oxygens (including phenoxy) is 1. The van der Waals surface area contributed by atoms with Crippen molar-refractivity contribution in [1.82, 2.24) is 4.98 Å². The van der Waals surface area contributed by atoms with Crippen molar-refractivity contribution in [3.8, 4) is 5.88 Å². The minimum Gasteiger partial charge on any atom is -0.481 e. The number of methoxy groups -OCH3 is 1. The largest absolute Gasteiger partial charge is 0.481 e. The van der Waals surface area contributed by atoms with Crippen molar-refractivity contribution in [2.24, 2.45) is 0 Å². The lowest BCUT2D eigenvalue weighted by atomic mass is 10.0. The van der Waals surface area contributed by atoms with Gasteiger partial charge in [-0.3, -0.25) is 0 Å². The average molecular weight is 222 g/mol. The van der Waals surface area contributed by atoms with Crippen LogP contribution in [0.2, 0.25) is 0 Å². The maximum Gasteiger partial charge on any atom is 0.213 e. The molecule has 0 radical (unpaired) electrons. The van der Waals surface area contributed by atoms with Gasteiger partial charge in [-0.2, -0.15) is 0 Å². The van der Waals surface area contributed by atoms with Crippen LogP contribution in [0.4, 0.5) is 5.69 Å². The smallest absolute Gasteiger partial charge is 0.213 e. The van der Waals surface area contributed by atoms with Gasteiger partial charge < -0.3 is 14.7 Å². The number of nitrogens with zero attached hydrogens (tertiary/aromatic N) is 2. The summed E-state index contributed by atoms with van der Waals surface area (Å²) in [5.74, 6) is 0.633. The normalized spacial score (nSPS) is 25.6. The lowest BCUT2D eigenvalue weighted by Gasteiger charge is -2.37. The van der Waals surface area contributed by atoms with Gasteiger partial charge in [0.15, 0.2) is 0 Å². The number of rotatable bonds is 2. The van der Waals surface area contributed by atoms with Crippen molar-refractivity contribution in [3.63, 3.8) is 0 Å². The van der Waals surface area contributed by atoms with E-state index in [1.165, 1.54) is 0 Å². The van der Waals surface area contributed by atoms with Crippen LogP contribution in [-0.4, -0.2) is 35.9 Å². The van der Waals surface area contributed by atoms with Gasteiger partial charge in [0.2, 0.25) is 5.88 Å². The Bertz CT molecular complexity index is 339. The van der Waals surface area contributed by atoms with Crippen LogP contribution in [0.3, 0.4) is 0 Å². The lowest BCUT2D eigenvalue weighted by molar-refractivity contribution is 0.131. The Hall–Kier alpha value is -1.29. The third kappa shape index (κ3) is 2.27. The van der Waals surface area contributed by atoms with E-state index in [0.717, 1.165) is 25.1 Å². The molecule has 1 aromatic heterocycles. The Morgan fingerprint density at radius 3 is 2.88 bits per heavy atom. The first-order valence-corrected chi connectivity index (χ1v) is 5.65. The Balaban J connectivity index is 2.11. The van der Waals surface area contributed by atoms with Gasteiger partial charge in [-0.15, -0.1) is 0 Å². The third-order valence-corrected chi connectivity index (χ3v) is 3.11. The molecule has 4 heteroatoms. The predicted octanol–water partition coefficient (Wildman–Crippen LogP) is 1.44. The second-order valence-corrected chi connectivity index (χ2v) is 4.28. The fourth-order valence-electron chi connectivity index (χ4n) is 2.19. The van der Waals surface area contributed by atoms with Crippen LogP contribution in [0.25, 0.3) is 0 Å². The highest BCUT2D eigenvalue weighted by Crippen LogP contribution is 2.25. The zero-order valence-corrected chi connectivity index (χ0v) is 9.76. The molecule has 2 rings (SSSR count). The highest BCUT2D eigenvalue weighted by molar-refractivity contribution is 5.46. The number of hydrogen-bond donors (Lipinski definition) is 1. The molecule has 4 nitrogen and oxygen atoms in total. The van der Waals surface area contributed by atoms with E-state index in [9.17, 15) is 5.11 Å². The van der Waals surface area contributed by atoms with Crippen LogP contribution in [0, 0.1) is 0 Å². The SMILES string of the molecule is COc1ccc(N2CCC(O)CC2C)cn1. The van der Waals surface area contributed by atoms with Gasteiger partial charge >= 0.3 is 0 Å². The van der Waals surface area contributed by atoms with Gasteiger partial charge in [0, 0.05) is 18.7 Å². The molecular formula is C12H18N2O2. The number of aromatic nitrogens is 1. The van der Waals surface area contributed by atoms with Crippen molar-refractivity contribution < 1.29 is 9.84 Å². The number of piperidine rings is 1. The van der Waals surface area contributed by atoms with E-state index in [1.807, 2.05) is 18.3 Å². The summed E-state index contributed by atoms with van der Waals surface area (Å²) in [6, 6.07) is 4.24. The van der Waals surface area contributed by atoms with Gasteiger partial charge in [-0.25, -0.2) is 4.98 Å². The van der Waals surface area contributed by atoms with E-state index in [4.69, 9.17) is 4.74 Å². The predicted molar refractivity (Wildman–Crippen MR) is 62.8 cm³/mol. The average Bonchev–Trinajstić information content (AvgIpc) is 2.29. The molecule has 1 saturated heterocycles. The molecule has 1 fully saturated rings. The van der Waals surface area contributed by atoms with Crippen molar-refractivity contribution in [3.05, 3.63) is 18.3 Å². The van der Waals surface area contributed by atoms with E-state index in [2.05, 4.69) is 16.8 Å². The van der Waals surface area contributed by atoms with Crippen LogP contribution in [0.15, 0.2) is 18.3 Å². The highest BCUT2D eigenvalue weighted by atomic mass is 16.5. The second kappa shape index (κ2) is 4.70. The summed E-state index contributed by atoms with van der Waals surface area (Å²) in [6.07, 6.45) is 3.33. The summed E-state index contributed by atoms with van der Waals surface area (Å²) < 4.78 is 5.03. The van der Waals surface area contributed by atoms with E-state index in [0.29, 0.717) is 11.9 Å². The van der Waals surface area contributed by atoms with E-state index in [-0.39, 0.29) is 6.10 Å². The molecule has 1 aromatic rings. The molecule has 0 aromatic carbocycles. The summed E-state index contributed by atoms with van der Waals surface area (Å²) in [7, 11) is 1.61. The van der Waals surface area contributed by atoms with Crippen LogP contribution < -0.4 is 9.64 Å². The van der Waals surface area contributed by atoms with Crippen LogP contribution >= 0.6 is 0 Å². The monoisotopic (exact) mass is 222 g/mol. The molecule has 88 valence electrons. The molecule has 0 spiro atoms. The third-order valence-electron chi connectivity index (χ3n) is 3.11. The first-order valence-electron chi connectivity index (χ1n) is 5.65. The number of anilines is 1. The van der Waals surface area contributed by atoms with Crippen molar-refractivity contribution in [2.45, 2.75) is 31.9 Å². The Morgan fingerprint density at radius 2 is 2.31 bits per heavy atom. The molecule has 16 heavy (non-hydrogen) atoms. The standard InChI is InChI=1S/C12H18N2O2/c1-9-7-11(15)5-6-14(9)10-3-4-12(16-2)13-8-10/h3-4,8-9,11,15H,5-7H2,1-2H3. The number of hydrogen-bond acceptors (Lipinski definition) is 4. The minimum atomic E-state index is -0.155. The molecule has 0 saturated carbocycles. The molecule has 0 aliphatic carbocycles. The molecule has 0 amide bonds. The molecule has 2 unspecified atom stereocenters. The Labute approximate surface area is 95.9 Å². The zero-order valence-electron chi connectivity index (χ0n) is 9.76. The molecule has 2 atom stereocenters. The summed E-state index contributed by atoms with van der Waals surface area (Å²) in [4.78, 5) is 6.48. The maximum atomic E-state index is 9.56. The minimum absolute atomic E-state index is 0.155.